The van der Waals surface area contributed by atoms with E-state index >= 15 is 0 Å². The summed E-state index contributed by atoms with van der Waals surface area (Å²) in [4.78, 5) is 0. The molecule has 0 aliphatic carbocycles. The van der Waals surface area contributed by atoms with Crippen molar-refractivity contribution in [3.8, 4) is 0 Å². The summed E-state index contributed by atoms with van der Waals surface area (Å²) >= 11 is 0. The molecule has 1 rings (SSSR count). The maximum atomic E-state index is 5.47. The van der Waals surface area contributed by atoms with Gasteiger partial charge in [0.1, 0.15) is 0 Å². The molecule has 1 atom stereocenters. The summed E-state index contributed by atoms with van der Waals surface area (Å²) in [5.74, 6) is 0. The highest BCUT2D eigenvalue weighted by Crippen LogP contribution is 2.05. The second kappa shape index (κ2) is 8.93. The van der Waals surface area contributed by atoms with Gasteiger partial charge in [-0.05, 0) is 33.2 Å². The predicted molar refractivity (Wildman–Crippen MR) is 65.6 cm³/mol. The minimum atomic E-state index is -0.0985. The Kier molecular flexibility index (Phi) is 7.76. The third-order valence-electron chi connectivity index (χ3n) is 2.82. The van der Waals surface area contributed by atoms with Gasteiger partial charge in [-0.15, -0.1) is 0 Å². The molecule has 0 spiro atoms. The first-order valence-electron chi connectivity index (χ1n) is 6.54. The quantitative estimate of drug-likeness (QED) is 0.613. The van der Waals surface area contributed by atoms with Crippen LogP contribution in [0.5, 0.6) is 0 Å². The van der Waals surface area contributed by atoms with Crippen molar-refractivity contribution in [2.24, 2.45) is 0 Å². The largest absolute Gasteiger partial charge is 0.352 e. The van der Waals surface area contributed by atoms with E-state index in [1.54, 1.807) is 0 Å². The minimum absolute atomic E-state index is 0.0985. The molecular formula is C12H26N2O2. The van der Waals surface area contributed by atoms with E-state index in [2.05, 4.69) is 10.6 Å². The molecule has 4 heteroatoms. The van der Waals surface area contributed by atoms with Gasteiger partial charge in [-0.3, -0.25) is 0 Å². The van der Waals surface area contributed by atoms with Crippen LogP contribution in [0.4, 0.5) is 0 Å². The zero-order valence-electron chi connectivity index (χ0n) is 10.6. The Hall–Kier alpha value is -0.160. The second-order valence-corrected chi connectivity index (χ2v) is 4.15. The topological polar surface area (TPSA) is 42.5 Å². The predicted octanol–water partition coefficient (Wildman–Crippen LogP) is 1.12. The van der Waals surface area contributed by atoms with Crippen LogP contribution in [0.25, 0.3) is 0 Å². The summed E-state index contributed by atoms with van der Waals surface area (Å²) in [6, 6.07) is 0.623. The first-order valence-corrected chi connectivity index (χ1v) is 6.54. The monoisotopic (exact) mass is 230 g/mol. The van der Waals surface area contributed by atoms with Gasteiger partial charge < -0.3 is 20.1 Å². The van der Waals surface area contributed by atoms with E-state index in [1.807, 2.05) is 13.8 Å². The molecule has 16 heavy (non-hydrogen) atoms. The Morgan fingerprint density at radius 2 is 2.00 bits per heavy atom. The standard InChI is InChI=1S/C12H26N2O2/c1-3-15-12(16-4-2)10-13-9-11-7-5-6-8-14-11/h11-14H,3-10H2,1-2H3. The van der Waals surface area contributed by atoms with Crippen molar-refractivity contribution in [1.82, 2.24) is 10.6 Å². The van der Waals surface area contributed by atoms with Gasteiger partial charge in [0, 0.05) is 32.3 Å². The summed E-state index contributed by atoms with van der Waals surface area (Å²) in [6.07, 6.45) is 3.84. The highest BCUT2D eigenvalue weighted by atomic mass is 16.7. The van der Waals surface area contributed by atoms with Crippen LogP contribution in [0, 0.1) is 0 Å². The molecular weight excluding hydrogens is 204 g/mol. The summed E-state index contributed by atoms with van der Waals surface area (Å²) in [7, 11) is 0. The maximum Gasteiger partial charge on any atom is 0.169 e. The molecule has 0 amide bonds. The Labute approximate surface area is 99.1 Å². The second-order valence-electron chi connectivity index (χ2n) is 4.15. The van der Waals surface area contributed by atoms with Crippen LogP contribution in [0.3, 0.4) is 0 Å². The van der Waals surface area contributed by atoms with Crippen molar-refractivity contribution in [3.63, 3.8) is 0 Å². The van der Waals surface area contributed by atoms with Gasteiger partial charge in [0.05, 0.1) is 0 Å². The number of rotatable bonds is 8. The smallest absolute Gasteiger partial charge is 0.169 e. The first-order chi connectivity index (χ1) is 7.86. The van der Waals surface area contributed by atoms with Gasteiger partial charge in [0.2, 0.25) is 0 Å². The van der Waals surface area contributed by atoms with Gasteiger partial charge >= 0.3 is 0 Å². The van der Waals surface area contributed by atoms with Crippen LogP contribution in [-0.2, 0) is 9.47 Å². The summed E-state index contributed by atoms with van der Waals surface area (Å²) in [6.45, 7) is 8.34. The maximum absolute atomic E-state index is 5.47. The number of nitrogens with one attached hydrogen (secondary N) is 2. The number of hydrogen-bond acceptors (Lipinski definition) is 4. The van der Waals surface area contributed by atoms with Crippen LogP contribution in [0.1, 0.15) is 33.1 Å². The van der Waals surface area contributed by atoms with E-state index < -0.39 is 0 Å². The van der Waals surface area contributed by atoms with E-state index in [-0.39, 0.29) is 6.29 Å². The zero-order valence-corrected chi connectivity index (χ0v) is 10.6. The molecule has 0 saturated carbocycles. The SMILES string of the molecule is CCOC(CNCC1CCCCN1)OCC. The van der Waals surface area contributed by atoms with Crippen molar-refractivity contribution in [2.45, 2.75) is 45.4 Å². The normalized spacial score (nSPS) is 21.6. The minimum Gasteiger partial charge on any atom is -0.352 e. The Bertz CT molecular complexity index is 155. The lowest BCUT2D eigenvalue weighted by molar-refractivity contribution is -0.132. The molecule has 1 aliphatic rings. The molecule has 2 N–H and O–H groups in total. The van der Waals surface area contributed by atoms with Crippen LogP contribution in [-0.4, -0.2) is 45.2 Å². The molecule has 0 aromatic carbocycles. The molecule has 96 valence electrons. The van der Waals surface area contributed by atoms with Crippen LogP contribution >= 0.6 is 0 Å². The van der Waals surface area contributed by atoms with E-state index in [9.17, 15) is 0 Å². The summed E-state index contributed by atoms with van der Waals surface area (Å²) in [5.41, 5.74) is 0. The summed E-state index contributed by atoms with van der Waals surface area (Å²) in [5, 5.41) is 6.93. The molecule has 1 heterocycles. The lowest BCUT2D eigenvalue weighted by Crippen LogP contribution is -2.44. The molecule has 0 radical (unpaired) electrons. The van der Waals surface area contributed by atoms with E-state index in [4.69, 9.17) is 9.47 Å². The van der Waals surface area contributed by atoms with Crippen molar-refractivity contribution in [2.75, 3.05) is 32.8 Å². The van der Waals surface area contributed by atoms with Gasteiger partial charge in [-0.25, -0.2) is 0 Å². The molecule has 0 aromatic heterocycles. The molecule has 4 nitrogen and oxygen atoms in total. The number of ether oxygens (including phenoxy) is 2. The zero-order chi connectivity index (χ0) is 11.6. The van der Waals surface area contributed by atoms with Crippen LogP contribution in [0.15, 0.2) is 0 Å². The molecule has 1 saturated heterocycles. The van der Waals surface area contributed by atoms with Crippen LogP contribution in [0.2, 0.25) is 0 Å². The van der Waals surface area contributed by atoms with E-state index in [0.29, 0.717) is 19.3 Å². The number of hydrogen-bond donors (Lipinski definition) is 2. The third kappa shape index (κ3) is 5.80. The fourth-order valence-corrected chi connectivity index (χ4v) is 2.01. The van der Waals surface area contributed by atoms with Crippen LogP contribution < -0.4 is 10.6 Å². The molecule has 0 aromatic rings. The van der Waals surface area contributed by atoms with Gasteiger partial charge in [0.25, 0.3) is 0 Å². The highest BCUT2D eigenvalue weighted by Gasteiger charge is 2.13. The van der Waals surface area contributed by atoms with Crippen molar-refractivity contribution < 1.29 is 9.47 Å². The van der Waals surface area contributed by atoms with E-state index in [1.165, 1.54) is 19.3 Å². The Balaban J connectivity index is 2.06. The van der Waals surface area contributed by atoms with Crippen molar-refractivity contribution in [3.05, 3.63) is 0 Å². The third-order valence-corrected chi connectivity index (χ3v) is 2.82. The lowest BCUT2D eigenvalue weighted by Gasteiger charge is -2.25. The Morgan fingerprint density at radius 1 is 1.25 bits per heavy atom. The van der Waals surface area contributed by atoms with Crippen molar-refractivity contribution >= 4 is 0 Å². The first kappa shape index (κ1) is 13.9. The lowest BCUT2D eigenvalue weighted by atomic mass is 10.1. The molecule has 1 unspecified atom stereocenters. The molecule has 1 aliphatic heterocycles. The highest BCUT2D eigenvalue weighted by molar-refractivity contribution is 4.74. The van der Waals surface area contributed by atoms with E-state index in [0.717, 1.165) is 19.6 Å². The van der Waals surface area contributed by atoms with Gasteiger partial charge in [-0.2, -0.15) is 0 Å². The fourth-order valence-electron chi connectivity index (χ4n) is 2.01. The number of piperidine rings is 1. The van der Waals surface area contributed by atoms with Gasteiger partial charge in [0.15, 0.2) is 6.29 Å². The molecule has 0 bridgehead atoms. The fraction of sp³-hybridized carbons (Fsp3) is 1.00. The average molecular weight is 230 g/mol. The summed E-state index contributed by atoms with van der Waals surface area (Å²) < 4.78 is 10.9. The molecule has 1 fully saturated rings. The Morgan fingerprint density at radius 3 is 2.56 bits per heavy atom. The van der Waals surface area contributed by atoms with Gasteiger partial charge in [-0.1, -0.05) is 6.42 Å². The van der Waals surface area contributed by atoms with Crippen molar-refractivity contribution in [1.29, 1.82) is 0 Å². The average Bonchev–Trinajstić information content (AvgIpc) is 2.31.